The zero-order chi connectivity index (χ0) is 11.1. The van der Waals surface area contributed by atoms with Gasteiger partial charge >= 0.3 is 0 Å². The minimum Gasteiger partial charge on any atom is -0.396 e. The first-order chi connectivity index (χ1) is 7.11. The predicted molar refractivity (Wildman–Crippen MR) is 57.5 cm³/mol. The number of rotatable bonds is 3. The fraction of sp³-hybridized carbons (Fsp3) is 0.364. The minimum atomic E-state index is -0.667. The zero-order valence-corrected chi connectivity index (χ0v) is 8.87. The van der Waals surface area contributed by atoms with E-state index in [1.807, 2.05) is 0 Å². The van der Waals surface area contributed by atoms with Gasteiger partial charge < -0.3 is 10.8 Å². The molecule has 1 aromatic rings. The second-order valence-corrected chi connectivity index (χ2v) is 4.36. The van der Waals surface area contributed by atoms with E-state index in [1.54, 1.807) is 24.3 Å². The summed E-state index contributed by atoms with van der Waals surface area (Å²) in [4.78, 5) is 11.4. The van der Waals surface area contributed by atoms with Gasteiger partial charge in [0, 0.05) is 17.5 Å². The number of hydrogen-bond acceptors (Lipinski definition) is 2. The molecule has 1 saturated carbocycles. The highest BCUT2D eigenvalue weighted by Crippen LogP contribution is 2.53. The van der Waals surface area contributed by atoms with E-state index in [0.29, 0.717) is 11.4 Å². The van der Waals surface area contributed by atoms with Crippen LogP contribution in [-0.4, -0.2) is 17.6 Å². The van der Waals surface area contributed by atoms with Crippen molar-refractivity contribution in [3.8, 4) is 0 Å². The van der Waals surface area contributed by atoms with Gasteiger partial charge in [-0.3, -0.25) is 4.79 Å². The Morgan fingerprint density at radius 2 is 2.13 bits per heavy atom. The normalized spacial score (nSPS) is 28.8. The van der Waals surface area contributed by atoms with Gasteiger partial charge in [0.25, 0.3) is 0 Å². The number of primary amides is 1. The molecule has 4 heteroatoms. The van der Waals surface area contributed by atoms with Crippen molar-refractivity contribution in [1.29, 1.82) is 0 Å². The molecule has 0 spiro atoms. The summed E-state index contributed by atoms with van der Waals surface area (Å²) in [6.07, 6.45) is 0.625. The van der Waals surface area contributed by atoms with Gasteiger partial charge in [0.1, 0.15) is 0 Å². The van der Waals surface area contributed by atoms with Crippen molar-refractivity contribution in [1.82, 2.24) is 0 Å². The van der Waals surface area contributed by atoms with Gasteiger partial charge in [-0.25, -0.2) is 0 Å². The molecule has 1 amide bonds. The molecule has 2 rings (SSSR count). The number of hydrogen-bond donors (Lipinski definition) is 2. The molecule has 0 bridgehead atoms. The van der Waals surface area contributed by atoms with Gasteiger partial charge in [-0.05, 0) is 24.1 Å². The molecule has 1 aromatic carbocycles. The van der Waals surface area contributed by atoms with E-state index >= 15 is 0 Å². The van der Waals surface area contributed by atoms with E-state index in [-0.39, 0.29) is 18.4 Å². The van der Waals surface area contributed by atoms with E-state index in [4.69, 9.17) is 22.4 Å². The van der Waals surface area contributed by atoms with Gasteiger partial charge in [0.15, 0.2) is 0 Å². The van der Waals surface area contributed by atoms with Gasteiger partial charge in [0.05, 0.1) is 5.41 Å². The zero-order valence-electron chi connectivity index (χ0n) is 8.11. The SMILES string of the molecule is NC(=O)[C@]1(c2ccc(Cl)cc2)C[C@@H]1CO. The third-order valence-electron chi connectivity index (χ3n) is 3.12. The lowest BCUT2D eigenvalue weighted by Crippen LogP contribution is -2.31. The molecule has 0 unspecified atom stereocenters. The highest BCUT2D eigenvalue weighted by Gasteiger charge is 2.59. The van der Waals surface area contributed by atoms with Crippen LogP contribution in [0.4, 0.5) is 0 Å². The van der Waals surface area contributed by atoms with Crippen molar-refractivity contribution in [2.45, 2.75) is 11.8 Å². The third-order valence-corrected chi connectivity index (χ3v) is 3.38. The highest BCUT2D eigenvalue weighted by molar-refractivity contribution is 6.30. The molecule has 2 atom stereocenters. The number of aliphatic hydroxyl groups is 1. The van der Waals surface area contributed by atoms with Crippen molar-refractivity contribution in [3.63, 3.8) is 0 Å². The van der Waals surface area contributed by atoms with Crippen molar-refractivity contribution < 1.29 is 9.90 Å². The molecular weight excluding hydrogens is 214 g/mol. The first-order valence-corrected chi connectivity index (χ1v) is 5.16. The topological polar surface area (TPSA) is 63.3 Å². The lowest BCUT2D eigenvalue weighted by Gasteiger charge is -2.13. The van der Waals surface area contributed by atoms with Crippen LogP contribution in [0.3, 0.4) is 0 Å². The summed E-state index contributed by atoms with van der Waals surface area (Å²) in [5.74, 6) is -0.417. The maximum atomic E-state index is 11.4. The molecule has 15 heavy (non-hydrogen) atoms. The molecule has 0 aromatic heterocycles. The van der Waals surface area contributed by atoms with E-state index in [0.717, 1.165) is 5.56 Å². The summed E-state index contributed by atoms with van der Waals surface area (Å²) in [5, 5.41) is 9.70. The maximum Gasteiger partial charge on any atom is 0.228 e. The number of halogens is 1. The van der Waals surface area contributed by atoms with Crippen LogP contribution < -0.4 is 5.73 Å². The number of carbonyl (C=O) groups is 1. The first-order valence-electron chi connectivity index (χ1n) is 4.78. The van der Waals surface area contributed by atoms with Gasteiger partial charge in [-0.15, -0.1) is 0 Å². The first kappa shape index (κ1) is 10.5. The Kier molecular flexibility index (Phi) is 2.44. The average Bonchev–Trinajstić information content (AvgIpc) is 2.94. The van der Waals surface area contributed by atoms with Crippen LogP contribution in [0.25, 0.3) is 0 Å². The largest absolute Gasteiger partial charge is 0.396 e. The lowest BCUT2D eigenvalue weighted by atomic mass is 9.93. The van der Waals surface area contributed by atoms with Crippen molar-refractivity contribution in [3.05, 3.63) is 34.9 Å². The molecular formula is C11H12ClNO2. The van der Waals surface area contributed by atoms with Crippen LogP contribution in [0.1, 0.15) is 12.0 Å². The Morgan fingerprint density at radius 1 is 1.53 bits per heavy atom. The van der Waals surface area contributed by atoms with Gasteiger partial charge in [-0.2, -0.15) is 0 Å². The maximum absolute atomic E-state index is 11.4. The minimum absolute atomic E-state index is 0.00837. The van der Waals surface area contributed by atoms with E-state index in [1.165, 1.54) is 0 Å². The second-order valence-electron chi connectivity index (χ2n) is 3.93. The average molecular weight is 226 g/mol. The Morgan fingerprint density at radius 3 is 2.53 bits per heavy atom. The second kappa shape index (κ2) is 3.51. The van der Waals surface area contributed by atoms with E-state index in [9.17, 15) is 4.79 Å². The fourth-order valence-corrected chi connectivity index (χ4v) is 2.22. The van der Waals surface area contributed by atoms with Crippen molar-refractivity contribution >= 4 is 17.5 Å². The van der Waals surface area contributed by atoms with Crippen LogP contribution in [-0.2, 0) is 10.2 Å². The Hall–Kier alpha value is -1.06. The highest BCUT2D eigenvalue weighted by atomic mass is 35.5. The third kappa shape index (κ3) is 1.52. The molecule has 3 N–H and O–H groups in total. The van der Waals surface area contributed by atoms with Gasteiger partial charge in [-0.1, -0.05) is 23.7 Å². The summed E-state index contributed by atoms with van der Waals surface area (Å²) in [6, 6.07) is 7.05. The Bertz CT molecular complexity index is 390. The molecule has 1 aliphatic rings. The number of aliphatic hydroxyl groups excluding tert-OH is 1. The standard InChI is InChI=1S/C11H12ClNO2/c12-9-3-1-7(2-4-9)11(10(13)15)5-8(11)6-14/h1-4,8,14H,5-6H2,(H2,13,15)/t8-,11+/m1/s1. The number of carbonyl (C=O) groups excluding carboxylic acids is 1. The molecule has 1 aliphatic carbocycles. The molecule has 1 fully saturated rings. The lowest BCUT2D eigenvalue weighted by molar-refractivity contribution is -0.120. The number of benzene rings is 1. The summed E-state index contributed by atoms with van der Waals surface area (Å²) in [5.41, 5.74) is 5.56. The van der Waals surface area contributed by atoms with Crippen LogP contribution in [0.15, 0.2) is 24.3 Å². The van der Waals surface area contributed by atoms with Crippen molar-refractivity contribution in [2.75, 3.05) is 6.61 Å². The van der Waals surface area contributed by atoms with E-state index < -0.39 is 5.41 Å². The Labute approximate surface area is 92.8 Å². The summed E-state index contributed by atoms with van der Waals surface area (Å²) in [6.45, 7) is -0.00837. The quantitative estimate of drug-likeness (QED) is 0.809. The van der Waals surface area contributed by atoms with Crippen molar-refractivity contribution in [2.24, 2.45) is 11.7 Å². The van der Waals surface area contributed by atoms with Crippen LogP contribution in [0.2, 0.25) is 5.02 Å². The fourth-order valence-electron chi connectivity index (χ4n) is 2.10. The monoisotopic (exact) mass is 225 g/mol. The molecule has 80 valence electrons. The summed E-state index contributed by atoms with van der Waals surface area (Å²) < 4.78 is 0. The smallest absolute Gasteiger partial charge is 0.228 e. The van der Waals surface area contributed by atoms with Gasteiger partial charge in [0.2, 0.25) is 5.91 Å². The summed E-state index contributed by atoms with van der Waals surface area (Å²) >= 11 is 5.77. The number of amides is 1. The molecule has 3 nitrogen and oxygen atoms in total. The Balaban J connectivity index is 2.36. The van der Waals surface area contributed by atoms with Crippen LogP contribution in [0.5, 0.6) is 0 Å². The van der Waals surface area contributed by atoms with Crippen LogP contribution >= 0.6 is 11.6 Å². The molecule has 0 aliphatic heterocycles. The molecule has 0 saturated heterocycles. The van der Waals surface area contributed by atoms with E-state index in [2.05, 4.69) is 0 Å². The molecule has 0 heterocycles. The van der Waals surface area contributed by atoms with Crippen LogP contribution in [0, 0.1) is 5.92 Å². The molecule has 0 radical (unpaired) electrons. The number of nitrogens with two attached hydrogens (primary N) is 1. The summed E-state index contributed by atoms with van der Waals surface area (Å²) in [7, 11) is 0. The predicted octanol–water partition coefficient (Wildman–Crippen LogP) is 1.08.